The molecule has 1 heterocycles. The van der Waals surface area contributed by atoms with E-state index in [4.69, 9.17) is 0 Å². The summed E-state index contributed by atoms with van der Waals surface area (Å²) < 4.78 is 41.8. The quantitative estimate of drug-likeness (QED) is 0.778. The topological polar surface area (TPSA) is 39.1 Å². The number of aryl methyl sites for hydroxylation is 1. The number of alkyl halides is 3. The van der Waals surface area contributed by atoms with Crippen molar-refractivity contribution in [3.63, 3.8) is 0 Å². The standard InChI is InChI=1S/C12H20F3N3O/c1-9(2)16-6-11-7-18(17-10(11)3)4-5-19-8-12(13,14)15/h7,9,16H,4-6,8H2,1-3H3. The maximum Gasteiger partial charge on any atom is 0.411 e. The molecule has 0 aliphatic rings. The van der Waals surface area contributed by atoms with Gasteiger partial charge in [0.15, 0.2) is 0 Å². The molecule has 0 spiro atoms. The molecular formula is C12H20F3N3O. The Morgan fingerprint density at radius 2 is 2.11 bits per heavy atom. The summed E-state index contributed by atoms with van der Waals surface area (Å²) in [5.41, 5.74) is 1.92. The molecule has 7 heteroatoms. The zero-order chi connectivity index (χ0) is 14.5. The van der Waals surface area contributed by atoms with Gasteiger partial charge in [-0.3, -0.25) is 4.68 Å². The summed E-state index contributed by atoms with van der Waals surface area (Å²) >= 11 is 0. The lowest BCUT2D eigenvalue weighted by Gasteiger charge is -2.07. The van der Waals surface area contributed by atoms with E-state index in [1.54, 1.807) is 4.68 Å². The third kappa shape index (κ3) is 6.58. The summed E-state index contributed by atoms with van der Waals surface area (Å²) in [6.07, 6.45) is -2.44. The lowest BCUT2D eigenvalue weighted by atomic mass is 10.2. The van der Waals surface area contributed by atoms with E-state index in [1.165, 1.54) is 0 Å². The first-order valence-corrected chi connectivity index (χ1v) is 6.19. The predicted molar refractivity (Wildman–Crippen MR) is 65.8 cm³/mol. The summed E-state index contributed by atoms with van der Waals surface area (Å²) in [4.78, 5) is 0. The second-order valence-corrected chi connectivity index (χ2v) is 4.71. The van der Waals surface area contributed by atoms with E-state index in [0.717, 1.165) is 11.3 Å². The smallest absolute Gasteiger partial charge is 0.370 e. The highest BCUT2D eigenvalue weighted by atomic mass is 19.4. The molecule has 0 amide bonds. The molecule has 0 saturated heterocycles. The Kier molecular flexibility index (Phi) is 5.81. The van der Waals surface area contributed by atoms with Gasteiger partial charge in [-0.05, 0) is 6.92 Å². The Morgan fingerprint density at radius 1 is 1.42 bits per heavy atom. The van der Waals surface area contributed by atoms with Crippen molar-refractivity contribution in [1.29, 1.82) is 0 Å². The molecule has 4 nitrogen and oxygen atoms in total. The number of rotatable bonds is 7. The van der Waals surface area contributed by atoms with Gasteiger partial charge in [-0.1, -0.05) is 13.8 Å². The Labute approximate surface area is 110 Å². The predicted octanol–water partition coefficient (Wildman–Crippen LogP) is 2.27. The van der Waals surface area contributed by atoms with Crippen molar-refractivity contribution >= 4 is 0 Å². The molecular weight excluding hydrogens is 259 g/mol. The van der Waals surface area contributed by atoms with E-state index in [-0.39, 0.29) is 6.61 Å². The van der Waals surface area contributed by atoms with E-state index in [0.29, 0.717) is 19.1 Å². The second-order valence-electron chi connectivity index (χ2n) is 4.71. The Morgan fingerprint density at radius 3 is 2.68 bits per heavy atom. The summed E-state index contributed by atoms with van der Waals surface area (Å²) in [5.74, 6) is 0. The Hall–Kier alpha value is -1.08. The van der Waals surface area contributed by atoms with Crippen LogP contribution in [0, 0.1) is 6.92 Å². The van der Waals surface area contributed by atoms with Crippen molar-refractivity contribution in [2.24, 2.45) is 0 Å². The van der Waals surface area contributed by atoms with Crippen molar-refractivity contribution in [3.8, 4) is 0 Å². The van der Waals surface area contributed by atoms with Crippen molar-refractivity contribution < 1.29 is 17.9 Å². The molecule has 0 bridgehead atoms. The van der Waals surface area contributed by atoms with Gasteiger partial charge in [0, 0.05) is 24.3 Å². The van der Waals surface area contributed by atoms with Crippen LogP contribution in [-0.4, -0.2) is 35.2 Å². The molecule has 0 aliphatic carbocycles. The molecule has 0 radical (unpaired) electrons. The number of aromatic nitrogens is 2. The SMILES string of the molecule is Cc1nn(CCOCC(F)(F)F)cc1CNC(C)C. The average molecular weight is 279 g/mol. The summed E-state index contributed by atoms with van der Waals surface area (Å²) in [5, 5.41) is 7.51. The van der Waals surface area contributed by atoms with Gasteiger partial charge in [-0.2, -0.15) is 18.3 Å². The van der Waals surface area contributed by atoms with Crippen molar-refractivity contribution in [2.45, 2.75) is 46.1 Å². The highest BCUT2D eigenvalue weighted by Gasteiger charge is 2.27. The highest BCUT2D eigenvalue weighted by molar-refractivity contribution is 5.15. The highest BCUT2D eigenvalue weighted by Crippen LogP contribution is 2.14. The Bertz CT molecular complexity index is 388. The van der Waals surface area contributed by atoms with E-state index in [9.17, 15) is 13.2 Å². The summed E-state index contributed by atoms with van der Waals surface area (Å²) in [6, 6.07) is 0.373. The number of hydrogen-bond donors (Lipinski definition) is 1. The van der Waals surface area contributed by atoms with Crippen LogP contribution in [0.1, 0.15) is 25.1 Å². The number of halogens is 3. The van der Waals surface area contributed by atoms with Crippen molar-refractivity contribution in [3.05, 3.63) is 17.5 Å². The number of hydrogen-bond acceptors (Lipinski definition) is 3. The number of nitrogens with zero attached hydrogens (tertiary/aromatic N) is 2. The fraction of sp³-hybridized carbons (Fsp3) is 0.750. The minimum absolute atomic E-state index is 0.00230. The number of nitrogens with one attached hydrogen (secondary N) is 1. The zero-order valence-electron chi connectivity index (χ0n) is 11.4. The van der Waals surface area contributed by atoms with Gasteiger partial charge in [-0.15, -0.1) is 0 Å². The van der Waals surface area contributed by atoms with Gasteiger partial charge in [0.05, 0.1) is 18.8 Å². The van der Waals surface area contributed by atoms with Crippen molar-refractivity contribution in [2.75, 3.05) is 13.2 Å². The molecule has 110 valence electrons. The maximum absolute atomic E-state index is 11.9. The average Bonchev–Trinajstić information content (AvgIpc) is 2.61. The Balaban J connectivity index is 2.37. The maximum atomic E-state index is 11.9. The molecule has 1 N–H and O–H groups in total. The fourth-order valence-corrected chi connectivity index (χ4v) is 1.51. The monoisotopic (exact) mass is 279 g/mol. The minimum Gasteiger partial charge on any atom is -0.370 e. The second kappa shape index (κ2) is 6.91. The van der Waals surface area contributed by atoms with E-state index >= 15 is 0 Å². The van der Waals surface area contributed by atoms with Crippen LogP contribution in [0.4, 0.5) is 13.2 Å². The van der Waals surface area contributed by atoms with Crippen LogP contribution >= 0.6 is 0 Å². The largest absolute Gasteiger partial charge is 0.411 e. The summed E-state index contributed by atoms with van der Waals surface area (Å²) in [7, 11) is 0. The van der Waals surface area contributed by atoms with Crippen molar-refractivity contribution in [1.82, 2.24) is 15.1 Å². The molecule has 0 saturated carbocycles. The first kappa shape index (κ1) is 16.0. The third-order valence-electron chi connectivity index (χ3n) is 2.48. The fourth-order valence-electron chi connectivity index (χ4n) is 1.51. The van der Waals surface area contributed by atoms with Crippen LogP contribution < -0.4 is 5.32 Å². The van der Waals surface area contributed by atoms with Crippen LogP contribution in [0.2, 0.25) is 0 Å². The summed E-state index contributed by atoms with van der Waals surface area (Å²) in [6.45, 7) is 5.78. The van der Waals surface area contributed by atoms with E-state index in [2.05, 4.69) is 15.2 Å². The van der Waals surface area contributed by atoms with Crippen LogP contribution in [-0.2, 0) is 17.8 Å². The molecule has 1 rings (SSSR count). The van der Waals surface area contributed by atoms with Gasteiger partial charge in [0.2, 0.25) is 0 Å². The lowest BCUT2D eigenvalue weighted by Crippen LogP contribution is -2.21. The van der Waals surface area contributed by atoms with Crippen LogP contribution in [0.3, 0.4) is 0 Å². The zero-order valence-corrected chi connectivity index (χ0v) is 11.4. The van der Waals surface area contributed by atoms with E-state index in [1.807, 2.05) is 27.0 Å². The molecule has 1 aromatic rings. The van der Waals surface area contributed by atoms with Gasteiger partial charge in [0.1, 0.15) is 6.61 Å². The normalized spacial score (nSPS) is 12.4. The first-order valence-electron chi connectivity index (χ1n) is 6.19. The van der Waals surface area contributed by atoms with Gasteiger partial charge < -0.3 is 10.1 Å². The molecule has 19 heavy (non-hydrogen) atoms. The third-order valence-corrected chi connectivity index (χ3v) is 2.48. The van der Waals surface area contributed by atoms with E-state index < -0.39 is 12.8 Å². The first-order chi connectivity index (χ1) is 8.78. The minimum atomic E-state index is -4.27. The number of ether oxygens (including phenoxy) is 1. The molecule has 1 aromatic heterocycles. The molecule has 0 fully saturated rings. The molecule has 0 atom stereocenters. The van der Waals surface area contributed by atoms with Gasteiger partial charge in [0.25, 0.3) is 0 Å². The van der Waals surface area contributed by atoms with Gasteiger partial charge >= 0.3 is 6.18 Å². The van der Waals surface area contributed by atoms with Crippen LogP contribution in [0.5, 0.6) is 0 Å². The van der Waals surface area contributed by atoms with Gasteiger partial charge in [-0.25, -0.2) is 0 Å². The van der Waals surface area contributed by atoms with Crippen LogP contribution in [0.15, 0.2) is 6.20 Å². The van der Waals surface area contributed by atoms with Crippen LogP contribution in [0.25, 0.3) is 0 Å². The molecule has 0 unspecified atom stereocenters. The molecule has 0 aliphatic heterocycles. The lowest BCUT2D eigenvalue weighted by molar-refractivity contribution is -0.174. The molecule has 0 aromatic carbocycles.